The second kappa shape index (κ2) is 5.21. The minimum absolute atomic E-state index is 0.261. The molecule has 94 valence electrons. The summed E-state index contributed by atoms with van der Waals surface area (Å²) in [7, 11) is 0. The lowest BCUT2D eigenvalue weighted by Gasteiger charge is -2.31. The van der Waals surface area contributed by atoms with Gasteiger partial charge in [0.1, 0.15) is 6.10 Å². The van der Waals surface area contributed by atoms with E-state index in [1.54, 1.807) is 0 Å². The van der Waals surface area contributed by atoms with Gasteiger partial charge in [-0.05, 0) is 49.6 Å². The van der Waals surface area contributed by atoms with Crippen LogP contribution in [0.1, 0.15) is 38.8 Å². The van der Waals surface area contributed by atoms with Gasteiger partial charge in [-0.3, -0.25) is 0 Å². The fourth-order valence-corrected chi connectivity index (χ4v) is 2.92. The van der Waals surface area contributed by atoms with Gasteiger partial charge in [-0.25, -0.2) is 4.98 Å². The van der Waals surface area contributed by atoms with Crippen molar-refractivity contribution in [3.05, 3.63) is 17.0 Å². The van der Waals surface area contributed by atoms with Gasteiger partial charge < -0.3 is 4.74 Å². The van der Waals surface area contributed by atoms with Crippen molar-refractivity contribution in [1.82, 2.24) is 9.97 Å². The zero-order valence-corrected chi connectivity index (χ0v) is 11.4. The first kappa shape index (κ1) is 12.6. The first-order chi connectivity index (χ1) is 8.02. The Morgan fingerprint density at radius 1 is 1.18 bits per heavy atom. The van der Waals surface area contributed by atoms with Crippen LogP contribution in [-0.4, -0.2) is 16.1 Å². The molecular weight excluding hydrogens is 236 g/mol. The maximum atomic E-state index is 5.92. The van der Waals surface area contributed by atoms with Crippen molar-refractivity contribution in [3.63, 3.8) is 0 Å². The van der Waals surface area contributed by atoms with Gasteiger partial charge >= 0.3 is 0 Å². The Bertz CT molecular complexity index is 367. The minimum Gasteiger partial charge on any atom is -0.474 e. The molecule has 0 radical (unpaired) electrons. The lowest BCUT2D eigenvalue weighted by atomic mass is 9.82. The van der Waals surface area contributed by atoms with Crippen LogP contribution in [0, 0.1) is 18.8 Å². The van der Waals surface area contributed by atoms with Crippen molar-refractivity contribution in [2.75, 3.05) is 0 Å². The van der Waals surface area contributed by atoms with Crippen LogP contribution < -0.4 is 4.74 Å². The molecule has 1 aliphatic rings. The summed E-state index contributed by atoms with van der Waals surface area (Å²) in [4.78, 5) is 8.14. The van der Waals surface area contributed by atoms with Gasteiger partial charge in [0.15, 0.2) is 0 Å². The van der Waals surface area contributed by atoms with Crippen molar-refractivity contribution in [2.45, 2.75) is 46.1 Å². The van der Waals surface area contributed by atoms with Gasteiger partial charge in [0.25, 0.3) is 0 Å². The van der Waals surface area contributed by atoms with E-state index in [9.17, 15) is 0 Å². The van der Waals surface area contributed by atoms with E-state index < -0.39 is 0 Å². The third-order valence-corrected chi connectivity index (χ3v) is 3.40. The SMILES string of the molecule is Cc1cc(OC2CC(C)CC(C)C2)nc(Cl)n1. The summed E-state index contributed by atoms with van der Waals surface area (Å²) in [5, 5.41) is 0.261. The molecule has 3 nitrogen and oxygen atoms in total. The van der Waals surface area contributed by atoms with Crippen LogP contribution in [0.15, 0.2) is 6.07 Å². The van der Waals surface area contributed by atoms with E-state index >= 15 is 0 Å². The maximum absolute atomic E-state index is 5.92. The Labute approximate surface area is 108 Å². The van der Waals surface area contributed by atoms with Crippen LogP contribution in [0.2, 0.25) is 5.28 Å². The van der Waals surface area contributed by atoms with E-state index in [0.717, 1.165) is 30.4 Å². The fourth-order valence-electron chi connectivity index (χ4n) is 2.71. The normalized spacial score (nSPS) is 29.1. The number of halogens is 1. The highest BCUT2D eigenvalue weighted by molar-refractivity contribution is 6.28. The molecule has 0 aromatic carbocycles. The molecule has 1 aliphatic carbocycles. The van der Waals surface area contributed by atoms with Gasteiger partial charge in [-0.2, -0.15) is 4.98 Å². The second-order valence-corrected chi connectivity index (χ2v) is 5.61. The number of nitrogens with zero attached hydrogens (tertiary/aromatic N) is 2. The zero-order valence-electron chi connectivity index (χ0n) is 10.6. The second-order valence-electron chi connectivity index (χ2n) is 5.27. The van der Waals surface area contributed by atoms with Crippen molar-refractivity contribution >= 4 is 11.6 Å². The van der Waals surface area contributed by atoms with Gasteiger partial charge in [-0.15, -0.1) is 0 Å². The average molecular weight is 255 g/mol. The number of hydrogen-bond donors (Lipinski definition) is 0. The molecule has 1 heterocycles. The highest BCUT2D eigenvalue weighted by Gasteiger charge is 2.25. The molecule has 1 fully saturated rings. The van der Waals surface area contributed by atoms with Crippen LogP contribution in [0.4, 0.5) is 0 Å². The van der Waals surface area contributed by atoms with E-state index in [-0.39, 0.29) is 11.4 Å². The van der Waals surface area contributed by atoms with Gasteiger partial charge in [-0.1, -0.05) is 13.8 Å². The smallest absolute Gasteiger partial charge is 0.225 e. The predicted molar refractivity (Wildman–Crippen MR) is 68.4 cm³/mol. The molecule has 1 saturated carbocycles. The molecule has 1 aromatic rings. The molecular formula is C13H19ClN2O. The van der Waals surface area contributed by atoms with E-state index in [1.807, 2.05) is 13.0 Å². The van der Waals surface area contributed by atoms with Crippen LogP contribution in [0.3, 0.4) is 0 Å². The largest absolute Gasteiger partial charge is 0.474 e. The van der Waals surface area contributed by atoms with Crippen molar-refractivity contribution in [1.29, 1.82) is 0 Å². The fraction of sp³-hybridized carbons (Fsp3) is 0.692. The van der Waals surface area contributed by atoms with Gasteiger partial charge in [0.2, 0.25) is 11.2 Å². The molecule has 17 heavy (non-hydrogen) atoms. The molecule has 2 unspecified atom stereocenters. The number of ether oxygens (including phenoxy) is 1. The lowest BCUT2D eigenvalue weighted by Crippen LogP contribution is -2.28. The number of hydrogen-bond acceptors (Lipinski definition) is 3. The summed E-state index contributed by atoms with van der Waals surface area (Å²) in [6.45, 7) is 6.46. The minimum atomic E-state index is 0.261. The quantitative estimate of drug-likeness (QED) is 0.756. The van der Waals surface area contributed by atoms with Crippen LogP contribution in [0.25, 0.3) is 0 Å². The summed E-state index contributed by atoms with van der Waals surface area (Å²) in [6, 6.07) is 1.84. The highest BCUT2D eigenvalue weighted by Crippen LogP contribution is 2.31. The predicted octanol–water partition coefficient (Wildman–Crippen LogP) is 3.64. The van der Waals surface area contributed by atoms with Crippen LogP contribution in [-0.2, 0) is 0 Å². The number of aromatic nitrogens is 2. The topological polar surface area (TPSA) is 35.0 Å². The summed E-state index contributed by atoms with van der Waals surface area (Å²) in [6.07, 6.45) is 3.76. The maximum Gasteiger partial charge on any atom is 0.225 e. The summed E-state index contributed by atoms with van der Waals surface area (Å²) >= 11 is 5.82. The summed E-state index contributed by atoms with van der Waals surface area (Å²) < 4.78 is 5.92. The first-order valence-electron chi connectivity index (χ1n) is 6.20. The first-order valence-corrected chi connectivity index (χ1v) is 6.58. The Kier molecular flexibility index (Phi) is 3.87. The monoisotopic (exact) mass is 254 g/mol. The molecule has 0 spiro atoms. The van der Waals surface area contributed by atoms with Crippen molar-refractivity contribution in [3.8, 4) is 5.88 Å². The lowest BCUT2D eigenvalue weighted by molar-refractivity contribution is 0.0965. The standard InChI is InChI=1S/C13H19ClN2O/c1-8-4-9(2)6-11(5-8)17-12-7-10(3)15-13(14)16-12/h7-9,11H,4-6H2,1-3H3. The molecule has 2 atom stereocenters. The Hall–Kier alpha value is -0.830. The highest BCUT2D eigenvalue weighted by atomic mass is 35.5. The zero-order chi connectivity index (χ0) is 12.4. The van der Waals surface area contributed by atoms with Crippen LogP contribution in [0.5, 0.6) is 5.88 Å². The van der Waals surface area contributed by atoms with Crippen molar-refractivity contribution < 1.29 is 4.74 Å². The summed E-state index contributed by atoms with van der Waals surface area (Å²) in [5.41, 5.74) is 0.844. The summed E-state index contributed by atoms with van der Waals surface area (Å²) in [5.74, 6) is 2.05. The molecule has 4 heteroatoms. The Morgan fingerprint density at radius 2 is 1.82 bits per heavy atom. The molecule has 0 aliphatic heterocycles. The number of rotatable bonds is 2. The van der Waals surface area contributed by atoms with E-state index in [2.05, 4.69) is 23.8 Å². The third-order valence-electron chi connectivity index (χ3n) is 3.23. The Balaban J connectivity index is 2.04. The van der Waals surface area contributed by atoms with Gasteiger partial charge in [0, 0.05) is 11.8 Å². The molecule has 0 bridgehead atoms. The van der Waals surface area contributed by atoms with Crippen molar-refractivity contribution in [2.24, 2.45) is 11.8 Å². The molecule has 0 amide bonds. The molecule has 1 aromatic heterocycles. The van der Waals surface area contributed by atoms with E-state index in [0.29, 0.717) is 5.88 Å². The third kappa shape index (κ3) is 3.56. The number of aryl methyl sites for hydroxylation is 1. The van der Waals surface area contributed by atoms with Crippen LogP contribution >= 0.6 is 11.6 Å². The van der Waals surface area contributed by atoms with E-state index in [4.69, 9.17) is 16.3 Å². The molecule has 0 saturated heterocycles. The Morgan fingerprint density at radius 3 is 2.41 bits per heavy atom. The molecule has 2 rings (SSSR count). The average Bonchev–Trinajstić information content (AvgIpc) is 2.13. The molecule has 0 N–H and O–H groups in total. The van der Waals surface area contributed by atoms with Gasteiger partial charge in [0.05, 0.1) is 0 Å². The van der Waals surface area contributed by atoms with E-state index in [1.165, 1.54) is 6.42 Å².